The molecule has 0 aromatic carbocycles. The molecule has 2 radical (unpaired) electrons. The monoisotopic (exact) mass is 494 g/mol. The molecule has 0 saturated carbocycles. The van der Waals surface area contributed by atoms with Crippen molar-refractivity contribution in [2.45, 2.75) is 97.9 Å². The fraction of sp³-hybridized carbons (Fsp3) is 1.00. The fourth-order valence-electron chi connectivity index (χ4n) is 3.83. The van der Waals surface area contributed by atoms with Gasteiger partial charge in [0, 0.05) is 0 Å². The van der Waals surface area contributed by atoms with Gasteiger partial charge in [0.15, 0.2) is 0 Å². The normalized spacial score (nSPS) is 36.4. The van der Waals surface area contributed by atoms with Gasteiger partial charge in [-0.25, -0.2) is 0 Å². The topological polar surface area (TPSA) is 77.4 Å². The van der Waals surface area contributed by atoms with E-state index >= 15 is 0 Å². The van der Waals surface area contributed by atoms with Crippen molar-refractivity contribution in [1.82, 2.24) is 0 Å². The van der Waals surface area contributed by atoms with Crippen LogP contribution in [-0.2, 0) is 18.9 Å². The second-order valence-electron chi connectivity index (χ2n) is 7.50. The average molecular weight is 493 g/mol. The minimum absolute atomic E-state index is 0.149. The Morgan fingerprint density at radius 1 is 0.741 bits per heavy atom. The average Bonchev–Trinajstić information content (AvgIpc) is 2.69. The Hall–Kier alpha value is 0.559. The van der Waals surface area contributed by atoms with Gasteiger partial charge in [-0.1, -0.05) is 0 Å². The van der Waals surface area contributed by atoms with Crippen LogP contribution in [0.5, 0.6) is 0 Å². The quantitative estimate of drug-likeness (QED) is 0.438. The van der Waals surface area contributed by atoms with E-state index in [0.29, 0.717) is 39.3 Å². The summed E-state index contributed by atoms with van der Waals surface area (Å²) in [5.74, 6) is -2.77. The van der Waals surface area contributed by atoms with E-state index in [1.807, 2.05) is 0 Å². The molecule has 3 fully saturated rings. The van der Waals surface area contributed by atoms with Crippen molar-refractivity contribution in [3.63, 3.8) is 0 Å². The SMILES string of the molecule is CCC[CH2][Sn][CH2]CCC.O[C@@H]1CCCO[C@@]12OCCO[C@@]21OCCC[C@H]1O. The summed E-state index contributed by atoms with van der Waals surface area (Å²) in [6, 6.07) is 0. The maximum Gasteiger partial charge on any atom is 0.253 e. The number of unbranched alkanes of at least 4 members (excludes halogenated alkanes) is 2. The predicted octanol–water partition coefficient (Wildman–Crippen LogP) is 2.90. The van der Waals surface area contributed by atoms with Crippen molar-refractivity contribution in [1.29, 1.82) is 0 Å². The zero-order valence-corrected chi connectivity index (χ0v) is 19.9. The Kier molecular flexibility index (Phi) is 10.9. The molecule has 0 aromatic rings. The third-order valence-corrected chi connectivity index (χ3v) is 9.41. The first kappa shape index (κ1) is 23.8. The number of ether oxygens (including phenoxy) is 4. The van der Waals surface area contributed by atoms with Gasteiger partial charge < -0.3 is 29.2 Å². The summed E-state index contributed by atoms with van der Waals surface area (Å²) >= 11 is 0.149. The number of rotatable bonds is 6. The third kappa shape index (κ3) is 5.80. The zero-order valence-electron chi connectivity index (χ0n) is 17.1. The van der Waals surface area contributed by atoms with Crippen molar-refractivity contribution in [2.75, 3.05) is 26.4 Å². The largest absolute Gasteiger partial charge is 0.387 e. The summed E-state index contributed by atoms with van der Waals surface area (Å²) in [7, 11) is 0. The van der Waals surface area contributed by atoms with Crippen LogP contribution < -0.4 is 0 Å². The van der Waals surface area contributed by atoms with E-state index in [1.54, 1.807) is 8.87 Å². The van der Waals surface area contributed by atoms with Crippen molar-refractivity contribution < 1.29 is 29.2 Å². The molecule has 158 valence electrons. The Bertz CT molecular complexity index is 364. The summed E-state index contributed by atoms with van der Waals surface area (Å²) in [6.45, 7) is 6.18. The van der Waals surface area contributed by atoms with Gasteiger partial charge in [0.1, 0.15) is 12.2 Å². The molecule has 0 bridgehead atoms. The molecule has 4 atom stereocenters. The molecule has 2 N–H and O–H groups in total. The first-order chi connectivity index (χ1) is 13.1. The van der Waals surface area contributed by atoms with Gasteiger partial charge in [0.25, 0.3) is 11.6 Å². The van der Waals surface area contributed by atoms with Crippen LogP contribution in [0.15, 0.2) is 0 Å². The Labute approximate surface area is 174 Å². The van der Waals surface area contributed by atoms with Crippen LogP contribution in [0.3, 0.4) is 0 Å². The van der Waals surface area contributed by atoms with Crippen LogP contribution in [0.2, 0.25) is 8.87 Å². The molecule has 3 aliphatic heterocycles. The van der Waals surface area contributed by atoms with E-state index in [2.05, 4.69) is 13.8 Å². The minimum Gasteiger partial charge on any atom is -0.387 e. The van der Waals surface area contributed by atoms with Gasteiger partial charge in [0.2, 0.25) is 0 Å². The Balaban J connectivity index is 0.000000249. The molecule has 0 amide bonds. The molecule has 7 heteroatoms. The molecule has 0 aliphatic carbocycles. The summed E-state index contributed by atoms with van der Waals surface area (Å²) < 4.78 is 26.1. The number of aliphatic hydroxyl groups is 2. The summed E-state index contributed by atoms with van der Waals surface area (Å²) in [4.78, 5) is 0. The van der Waals surface area contributed by atoms with Gasteiger partial charge in [-0.15, -0.1) is 0 Å². The van der Waals surface area contributed by atoms with Crippen molar-refractivity contribution in [2.24, 2.45) is 0 Å². The molecule has 27 heavy (non-hydrogen) atoms. The summed E-state index contributed by atoms with van der Waals surface area (Å²) in [5, 5.41) is 20.6. The van der Waals surface area contributed by atoms with Crippen molar-refractivity contribution >= 4 is 21.1 Å². The van der Waals surface area contributed by atoms with E-state index < -0.39 is 23.8 Å². The molecule has 2 spiro atoms. The number of hydrogen-bond donors (Lipinski definition) is 2. The van der Waals surface area contributed by atoms with Gasteiger partial charge in [0.05, 0.1) is 26.4 Å². The van der Waals surface area contributed by atoms with Gasteiger partial charge in [-0.3, -0.25) is 0 Å². The number of aliphatic hydroxyl groups excluding tert-OH is 2. The van der Waals surface area contributed by atoms with E-state index in [9.17, 15) is 10.2 Å². The van der Waals surface area contributed by atoms with Crippen molar-refractivity contribution in [3.05, 3.63) is 0 Å². The first-order valence-electron chi connectivity index (χ1n) is 10.8. The van der Waals surface area contributed by atoms with Crippen LogP contribution in [0.4, 0.5) is 0 Å². The fourth-order valence-corrected chi connectivity index (χ4v) is 7.99. The van der Waals surface area contributed by atoms with Gasteiger partial charge in [-0.2, -0.15) is 0 Å². The number of hydrogen-bond acceptors (Lipinski definition) is 6. The molecule has 3 aliphatic rings. The van der Waals surface area contributed by atoms with Crippen molar-refractivity contribution in [3.8, 4) is 0 Å². The molecule has 0 aromatic heterocycles. The van der Waals surface area contributed by atoms with Crippen LogP contribution in [0, 0.1) is 0 Å². The molecule has 3 saturated heterocycles. The first-order valence-corrected chi connectivity index (χ1v) is 14.8. The van der Waals surface area contributed by atoms with Gasteiger partial charge >= 0.3 is 69.5 Å². The Morgan fingerprint density at radius 3 is 1.52 bits per heavy atom. The zero-order chi connectivity index (χ0) is 19.6. The van der Waals surface area contributed by atoms with Gasteiger partial charge in [-0.05, 0) is 25.7 Å². The smallest absolute Gasteiger partial charge is 0.253 e. The summed E-state index contributed by atoms with van der Waals surface area (Å²) in [5.41, 5.74) is 0. The van der Waals surface area contributed by atoms with E-state index in [4.69, 9.17) is 18.9 Å². The maximum absolute atomic E-state index is 10.3. The molecule has 3 rings (SSSR count). The third-order valence-electron chi connectivity index (χ3n) is 5.37. The number of fused-ring (bicyclic) bond motifs is 1. The molecular formula is C20H38O6Sn. The summed E-state index contributed by atoms with van der Waals surface area (Å²) in [6.07, 6.45) is 6.78. The second kappa shape index (κ2) is 12.3. The maximum atomic E-state index is 10.3. The molecular weight excluding hydrogens is 455 g/mol. The Morgan fingerprint density at radius 2 is 1.15 bits per heavy atom. The minimum atomic E-state index is -1.39. The predicted molar refractivity (Wildman–Crippen MR) is 105 cm³/mol. The van der Waals surface area contributed by atoms with Crippen LogP contribution in [0.25, 0.3) is 0 Å². The molecule has 0 unspecified atom stereocenters. The van der Waals surface area contributed by atoms with Crippen LogP contribution in [0.1, 0.15) is 65.2 Å². The second-order valence-corrected chi connectivity index (χ2v) is 11.8. The van der Waals surface area contributed by atoms with Crippen LogP contribution in [-0.4, -0.2) is 81.6 Å². The van der Waals surface area contributed by atoms with Crippen LogP contribution >= 0.6 is 0 Å². The van der Waals surface area contributed by atoms with E-state index in [0.717, 1.165) is 12.8 Å². The molecule has 6 nitrogen and oxygen atoms in total. The van der Waals surface area contributed by atoms with E-state index in [1.165, 1.54) is 25.7 Å². The standard InChI is InChI=1S/C12H20O6.2C4H9.Sn/c13-9-3-1-5-15-11(9)12(18-8-7-17-11)10(14)4-2-6-16-12;2*1-3-4-2;/h9-10,13-14H,1-8H2;2*1,3-4H2,2H3;/t9-,10-,11-,12-;;;/m1.../s1. The molecule has 3 heterocycles. The van der Waals surface area contributed by atoms with E-state index in [-0.39, 0.29) is 21.1 Å².